The second-order valence-corrected chi connectivity index (χ2v) is 8.28. The van der Waals surface area contributed by atoms with Gasteiger partial charge in [-0.15, -0.1) is 0 Å². The molecular formula is C15H22N2O5S2. The number of amides is 1. The minimum atomic E-state index is -3.64. The number of ether oxygens (including phenoxy) is 1. The number of sulfonamides is 1. The Bertz CT molecular complexity index is 689. The highest BCUT2D eigenvalue weighted by Crippen LogP contribution is 2.15. The third kappa shape index (κ3) is 5.22. The Labute approximate surface area is 146 Å². The number of nitrogens with one attached hydrogen (secondary N) is 1. The molecule has 0 saturated heterocycles. The molecule has 0 heterocycles. The summed E-state index contributed by atoms with van der Waals surface area (Å²) in [6.45, 7) is 0. The standard InChI is InChI=1S/C15H22N2O5S2/c1-17(2)24(20,21)12-7-5-6-11(10-12)14(18)16-13(8-9-23-4)15(19)22-3/h5-7,10,13H,8-9H2,1-4H3,(H,16,18)/t13-/m0/s1. The van der Waals surface area contributed by atoms with Crippen molar-refractivity contribution in [3.8, 4) is 0 Å². The van der Waals surface area contributed by atoms with Crippen LogP contribution in [0.2, 0.25) is 0 Å². The van der Waals surface area contributed by atoms with Crippen molar-refractivity contribution in [3.63, 3.8) is 0 Å². The van der Waals surface area contributed by atoms with Gasteiger partial charge in [-0.1, -0.05) is 6.07 Å². The molecule has 1 atom stereocenters. The number of benzene rings is 1. The summed E-state index contributed by atoms with van der Waals surface area (Å²) in [6, 6.07) is 4.91. The Hall–Kier alpha value is -1.58. The van der Waals surface area contributed by atoms with Crippen molar-refractivity contribution in [2.24, 2.45) is 0 Å². The Balaban J connectivity index is 3.00. The van der Waals surface area contributed by atoms with Crippen molar-refractivity contribution in [1.82, 2.24) is 9.62 Å². The number of hydrogen-bond acceptors (Lipinski definition) is 6. The fourth-order valence-corrected chi connectivity index (χ4v) is 3.30. The topological polar surface area (TPSA) is 92.8 Å². The quantitative estimate of drug-likeness (QED) is 0.682. The normalized spacial score (nSPS) is 12.7. The number of carbonyl (C=O) groups is 2. The van der Waals surface area contributed by atoms with E-state index in [1.807, 2.05) is 6.26 Å². The van der Waals surface area contributed by atoms with Crippen molar-refractivity contribution in [2.45, 2.75) is 17.4 Å². The number of carbonyl (C=O) groups excluding carboxylic acids is 2. The molecule has 0 bridgehead atoms. The third-order valence-electron chi connectivity index (χ3n) is 3.28. The monoisotopic (exact) mass is 374 g/mol. The smallest absolute Gasteiger partial charge is 0.328 e. The summed E-state index contributed by atoms with van der Waals surface area (Å²) in [5.41, 5.74) is 0.163. The average molecular weight is 374 g/mol. The van der Waals surface area contributed by atoms with Gasteiger partial charge in [0.05, 0.1) is 12.0 Å². The molecule has 0 saturated carbocycles. The van der Waals surface area contributed by atoms with E-state index in [1.165, 1.54) is 45.5 Å². The predicted octanol–water partition coefficient (Wildman–Crippen LogP) is 0.961. The lowest BCUT2D eigenvalue weighted by molar-refractivity contribution is -0.142. The first-order valence-corrected chi connectivity index (χ1v) is 9.97. The Morgan fingerprint density at radius 1 is 1.33 bits per heavy atom. The van der Waals surface area contributed by atoms with E-state index in [2.05, 4.69) is 5.32 Å². The first kappa shape index (κ1) is 20.5. The fourth-order valence-electron chi connectivity index (χ4n) is 1.88. The van der Waals surface area contributed by atoms with Crippen LogP contribution in [-0.2, 0) is 19.6 Å². The number of nitrogens with zero attached hydrogens (tertiary/aromatic N) is 1. The first-order valence-electron chi connectivity index (χ1n) is 7.14. The van der Waals surface area contributed by atoms with Gasteiger partial charge >= 0.3 is 5.97 Å². The van der Waals surface area contributed by atoms with Crippen molar-refractivity contribution in [2.75, 3.05) is 33.2 Å². The molecule has 1 rings (SSSR count). The maximum absolute atomic E-state index is 12.4. The van der Waals surface area contributed by atoms with E-state index in [4.69, 9.17) is 4.74 Å². The van der Waals surface area contributed by atoms with Gasteiger partial charge in [0.25, 0.3) is 5.91 Å². The van der Waals surface area contributed by atoms with Crippen molar-refractivity contribution < 1.29 is 22.7 Å². The van der Waals surface area contributed by atoms with Crippen LogP contribution in [-0.4, -0.2) is 63.9 Å². The van der Waals surface area contributed by atoms with Crippen molar-refractivity contribution >= 4 is 33.7 Å². The minimum Gasteiger partial charge on any atom is -0.467 e. The van der Waals surface area contributed by atoms with Gasteiger partial charge in [-0.3, -0.25) is 4.79 Å². The Morgan fingerprint density at radius 2 is 2.00 bits per heavy atom. The lowest BCUT2D eigenvalue weighted by Crippen LogP contribution is -2.42. The number of methoxy groups -OCH3 is 1. The van der Waals surface area contributed by atoms with Crippen LogP contribution in [0.1, 0.15) is 16.8 Å². The van der Waals surface area contributed by atoms with Gasteiger partial charge in [0.15, 0.2) is 0 Å². The zero-order valence-corrected chi connectivity index (χ0v) is 15.7. The molecule has 0 spiro atoms. The van der Waals surface area contributed by atoms with Gasteiger partial charge in [0, 0.05) is 19.7 Å². The maximum Gasteiger partial charge on any atom is 0.328 e. The van der Waals surface area contributed by atoms with Crippen LogP contribution in [0.5, 0.6) is 0 Å². The van der Waals surface area contributed by atoms with E-state index in [-0.39, 0.29) is 10.5 Å². The molecule has 24 heavy (non-hydrogen) atoms. The molecule has 0 aliphatic heterocycles. The number of esters is 1. The molecule has 1 N–H and O–H groups in total. The summed E-state index contributed by atoms with van der Waals surface area (Å²) in [5, 5.41) is 2.59. The zero-order valence-electron chi connectivity index (χ0n) is 14.1. The van der Waals surface area contributed by atoms with Crippen LogP contribution >= 0.6 is 11.8 Å². The summed E-state index contributed by atoms with van der Waals surface area (Å²) < 4.78 is 30.0. The molecule has 0 aliphatic carbocycles. The number of hydrogen-bond donors (Lipinski definition) is 1. The molecule has 134 valence electrons. The summed E-state index contributed by atoms with van der Waals surface area (Å²) >= 11 is 1.55. The summed E-state index contributed by atoms with van der Waals surface area (Å²) in [6.07, 6.45) is 2.32. The van der Waals surface area contributed by atoms with E-state index in [0.717, 1.165) is 4.31 Å². The highest BCUT2D eigenvalue weighted by Gasteiger charge is 2.23. The van der Waals surface area contributed by atoms with E-state index >= 15 is 0 Å². The van der Waals surface area contributed by atoms with Crippen molar-refractivity contribution in [1.29, 1.82) is 0 Å². The maximum atomic E-state index is 12.4. The molecule has 0 aromatic heterocycles. The highest BCUT2D eigenvalue weighted by molar-refractivity contribution is 7.98. The second kappa shape index (κ2) is 9.05. The minimum absolute atomic E-state index is 0.0129. The summed E-state index contributed by atoms with van der Waals surface area (Å²) in [5.74, 6) is -0.383. The van der Waals surface area contributed by atoms with Gasteiger partial charge in [-0.05, 0) is 36.6 Å². The van der Waals surface area contributed by atoms with Crippen LogP contribution in [0.15, 0.2) is 29.2 Å². The largest absolute Gasteiger partial charge is 0.467 e. The highest BCUT2D eigenvalue weighted by atomic mass is 32.2. The SMILES string of the molecule is COC(=O)[C@H](CCSC)NC(=O)c1cccc(S(=O)(=O)N(C)C)c1. The lowest BCUT2D eigenvalue weighted by Gasteiger charge is -2.17. The van der Waals surface area contributed by atoms with Gasteiger partial charge in [0.1, 0.15) is 6.04 Å². The molecule has 1 aromatic carbocycles. The summed E-state index contributed by atoms with van der Waals surface area (Å²) in [7, 11) is 0.446. The number of thioether (sulfide) groups is 1. The summed E-state index contributed by atoms with van der Waals surface area (Å²) in [4.78, 5) is 24.1. The van der Waals surface area contributed by atoms with Gasteiger partial charge in [-0.25, -0.2) is 17.5 Å². The van der Waals surface area contributed by atoms with E-state index < -0.39 is 27.9 Å². The molecule has 1 amide bonds. The Morgan fingerprint density at radius 3 is 2.54 bits per heavy atom. The first-order chi connectivity index (χ1) is 11.2. The third-order valence-corrected chi connectivity index (χ3v) is 5.73. The average Bonchev–Trinajstić information content (AvgIpc) is 2.57. The van der Waals surface area contributed by atoms with E-state index in [0.29, 0.717) is 12.2 Å². The van der Waals surface area contributed by atoms with Crippen molar-refractivity contribution in [3.05, 3.63) is 29.8 Å². The molecular weight excluding hydrogens is 352 g/mol. The van der Waals surface area contributed by atoms with Crippen LogP contribution in [0.3, 0.4) is 0 Å². The molecule has 7 nitrogen and oxygen atoms in total. The van der Waals surface area contributed by atoms with Gasteiger partial charge < -0.3 is 10.1 Å². The molecule has 0 fully saturated rings. The van der Waals surface area contributed by atoms with E-state index in [1.54, 1.807) is 11.8 Å². The number of rotatable bonds is 8. The molecule has 1 aromatic rings. The second-order valence-electron chi connectivity index (χ2n) is 5.15. The van der Waals surface area contributed by atoms with Gasteiger partial charge in [-0.2, -0.15) is 11.8 Å². The van der Waals surface area contributed by atoms with E-state index in [9.17, 15) is 18.0 Å². The predicted molar refractivity (Wildman–Crippen MR) is 93.6 cm³/mol. The van der Waals surface area contributed by atoms with Crippen LogP contribution in [0.25, 0.3) is 0 Å². The van der Waals surface area contributed by atoms with Crippen LogP contribution < -0.4 is 5.32 Å². The molecule has 0 unspecified atom stereocenters. The van der Waals surface area contributed by atoms with Gasteiger partial charge in [0.2, 0.25) is 10.0 Å². The van der Waals surface area contributed by atoms with Crippen LogP contribution in [0, 0.1) is 0 Å². The lowest BCUT2D eigenvalue weighted by atomic mass is 10.1. The fraction of sp³-hybridized carbons (Fsp3) is 0.467. The molecule has 0 aliphatic rings. The molecule has 0 radical (unpaired) electrons. The Kier molecular flexibility index (Phi) is 7.71. The zero-order chi connectivity index (χ0) is 18.3. The van der Waals surface area contributed by atoms with Crippen LogP contribution in [0.4, 0.5) is 0 Å². The molecule has 9 heteroatoms.